The number of nitrogens with zero attached hydrogens (tertiary/aromatic N) is 1. The maximum atomic E-state index is 5.22. The number of ether oxygens (including phenoxy) is 1. The largest absolute Gasteiger partial charge is 0.357 e. The van der Waals surface area contributed by atoms with Crippen molar-refractivity contribution in [3.8, 4) is 0 Å². The summed E-state index contributed by atoms with van der Waals surface area (Å²) < 4.78 is 5.22. The molecule has 0 rings (SSSR count). The third-order valence-corrected chi connectivity index (χ3v) is 0.928. The summed E-state index contributed by atoms with van der Waals surface area (Å²) in [7, 11) is 0. The van der Waals surface area contributed by atoms with Gasteiger partial charge in [0.2, 0.25) is 0 Å². The van der Waals surface area contributed by atoms with Crippen molar-refractivity contribution >= 4 is 6.72 Å². The Balaban J connectivity index is 3.16. The van der Waals surface area contributed by atoms with Crippen LogP contribution in [-0.4, -0.2) is 19.6 Å². The summed E-state index contributed by atoms with van der Waals surface area (Å²) in [6.07, 6.45) is -0.0487. The van der Waals surface area contributed by atoms with Crippen molar-refractivity contribution in [3.05, 3.63) is 0 Å². The van der Waals surface area contributed by atoms with Gasteiger partial charge in [0.15, 0.2) is 0 Å². The Morgan fingerprint density at radius 1 is 1.44 bits per heavy atom. The average molecular weight is 129 g/mol. The van der Waals surface area contributed by atoms with E-state index in [9.17, 15) is 0 Å². The Morgan fingerprint density at radius 3 is 2.33 bits per heavy atom. The minimum atomic E-state index is -0.0487. The van der Waals surface area contributed by atoms with Crippen LogP contribution in [0.2, 0.25) is 0 Å². The lowest BCUT2D eigenvalue weighted by Gasteiger charge is -2.08. The van der Waals surface area contributed by atoms with Gasteiger partial charge in [0.1, 0.15) is 6.23 Å². The van der Waals surface area contributed by atoms with Crippen LogP contribution in [0.3, 0.4) is 0 Å². The van der Waals surface area contributed by atoms with Crippen molar-refractivity contribution in [1.29, 1.82) is 0 Å². The summed E-state index contributed by atoms with van der Waals surface area (Å²) in [5.41, 5.74) is 0. The van der Waals surface area contributed by atoms with Crippen LogP contribution in [0.1, 0.15) is 20.8 Å². The molecule has 9 heavy (non-hydrogen) atoms. The van der Waals surface area contributed by atoms with Crippen molar-refractivity contribution in [2.24, 2.45) is 10.9 Å². The van der Waals surface area contributed by atoms with Gasteiger partial charge in [-0.25, -0.2) is 0 Å². The molecule has 1 unspecified atom stereocenters. The van der Waals surface area contributed by atoms with Gasteiger partial charge < -0.3 is 4.74 Å². The van der Waals surface area contributed by atoms with Crippen molar-refractivity contribution in [2.75, 3.05) is 6.61 Å². The molecule has 0 N–H and O–H groups in total. The first-order valence-corrected chi connectivity index (χ1v) is 3.24. The molecule has 0 aliphatic carbocycles. The summed E-state index contributed by atoms with van der Waals surface area (Å²) in [5.74, 6) is 0.578. The van der Waals surface area contributed by atoms with Gasteiger partial charge in [-0.1, -0.05) is 13.8 Å². The van der Waals surface area contributed by atoms with E-state index in [-0.39, 0.29) is 6.23 Å². The Morgan fingerprint density at radius 2 is 2.00 bits per heavy atom. The second-order valence-electron chi connectivity index (χ2n) is 2.51. The highest BCUT2D eigenvalue weighted by Crippen LogP contribution is 1.97. The molecule has 0 radical (unpaired) electrons. The lowest BCUT2D eigenvalue weighted by molar-refractivity contribution is 0.0540. The van der Waals surface area contributed by atoms with Crippen LogP contribution in [0.5, 0.6) is 0 Å². The van der Waals surface area contributed by atoms with E-state index >= 15 is 0 Å². The van der Waals surface area contributed by atoms with Crippen molar-refractivity contribution in [3.63, 3.8) is 0 Å². The van der Waals surface area contributed by atoms with Crippen LogP contribution in [0, 0.1) is 5.92 Å². The van der Waals surface area contributed by atoms with Crippen LogP contribution in [0.15, 0.2) is 4.99 Å². The summed E-state index contributed by atoms with van der Waals surface area (Å²) in [5, 5.41) is 0. The van der Waals surface area contributed by atoms with Crippen molar-refractivity contribution in [2.45, 2.75) is 27.0 Å². The van der Waals surface area contributed by atoms with E-state index in [1.165, 1.54) is 0 Å². The standard InChI is InChI=1S/C7H15NO/c1-6(2)5-9-7(3)8-4/h6-7H,4-5H2,1-3H3. The van der Waals surface area contributed by atoms with E-state index in [0.29, 0.717) is 5.92 Å². The lowest BCUT2D eigenvalue weighted by atomic mass is 10.2. The Labute approximate surface area is 56.9 Å². The molecule has 1 atom stereocenters. The van der Waals surface area contributed by atoms with Gasteiger partial charge in [-0.15, -0.1) is 0 Å². The highest BCUT2D eigenvalue weighted by atomic mass is 16.5. The van der Waals surface area contributed by atoms with E-state index < -0.39 is 0 Å². The molecule has 0 heterocycles. The molecule has 0 spiro atoms. The van der Waals surface area contributed by atoms with E-state index in [0.717, 1.165) is 6.61 Å². The normalized spacial score (nSPS) is 13.8. The molecule has 0 saturated carbocycles. The smallest absolute Gasteiger partial charge is 0.144 e. The maximum Gasteiger partial charge on any atom is 0.144 e. The SMILES string of the molecule is C=NC(C)OCC(C)C. The molecule has 0 bridgehead atoms. The monoisotopic (exact) mass is 129 g/mol. The summed E-state index contributed by atoms with van der Waals surface area (Å²) >= 11 is 0. The van der Waals surface area contributed by atoms with Crippen molar-refractivity contribution in [1.82, 2.24) is 0 Å². The molecule has 0 aromatic heterocycles. The fraction of sp³-hybridized carbons (Fsp3) is 0.857. The van der Waals surface area contributed by atoms with Crippen LogP contribution in [0.25, 0.3) is 0 Å². The molecule has 0 aliphatic rings. The zero-order valence-electron chi connectivity index (χ0n) is 6.42. The molecule has 0 aromatic rings. The van der Waals surface area contributed by atoms with E-state index in [4.69, 9.17) is 4.74 Å². The first-order valence-electron chi connectivity index (χ1n) is 3.24. The van der Waals surface area contributed by atoms with Crippen LogP contribution < -0.4 is 0 Å². The molecule has 0 aliphatic heterocycles. The molecule has 0 amide bonds. The Hall–Kier alpha value is -0.370. The number of aliphatic imine (C=N–C) groups is 1. The average Bonchev–Trinajstić information content (AvgIpc) is 1.83. The molecule has 2 heteroatoms. The molecular formula is C7H15NO. The van der Waals surface area contributed by atoms with Gasteiger partial charge in [0.25, 0.3) is 0 Å². The van der Waals surface area contributed by atoms with E-state index in [1.807, 2.05) is 6.92 Å². The Bertz CT molecular complexity index is 81.0. The van der Waals surface area contributed by atoms with Gasteiger partial charge in [-0.2, -0.15) is 0 Å². The minimum Gasteiger partial charge on any atom is -0.357 e. The first-order chi connectivity index (χ1) is 4.16. The number of hydrogen-bond acceptors (Lipinski definition) is 2. The van der Waals surface area contributed by atoms with E-state index in [2.05, 4.69) is 25.6 Å². The number of rotatable bonds is 4. The predicted octanol–water partition coefficient (Wildman–Crippen LogP) is 1.71. The highest BCUT2D eigenvalue weighted by molar-refractivity contribution is 5.23. The quantitative estimate of drug-likeness (QED) is 0.529. The highest BCUT2D eigenvalue weighted by Gasteiger charge is 1.97. The topological polar surface area (TPSA) is 21.6 Å². The van der Waals surface area contributed by atoms with E-state index in [1.54, 1.807) is 0 Å². The van der Waals surface area contributed by atoms with Crippen LogP contribution in [-0.2, 0) is 4.74 Å². The van der Waals surface area contributed by atoms with Crippen LogP contribution in [0.4, 0.5) is 0 Å². The predicted molar refractivity (Wildman–Crippen MR) is 39.8 cm³/mol. The summed E-state index contributed by atoms with van der Waals surface area (Å²) in [6, 6.07) is 0. The second-order valence-corrected chi connectivity index (χ2v) is 2.51. The Kier molecular flexibility index (Phi) is 4.32. The van der Waals surface area contributed by atoms with Gasteiger partial charge in [-0.05, 0) is 19.6 Å². The van der Waals surface area contributed by atoms with Gasteiger partial charge in [-0.3, -0.25) is 4.99 Å². The second kappa shape index (κ2) is 4.50. The number of hydrogen-bond donors (Lipinski definition) is 0. The molecule has 0 aromatic carbocycles. The van der Waals surface area contributed by atoms with Crippen molar-refractivity contribution < 1.29 is 4.74 Å². The molecular weight excluding hydrogens is 114 g/mol. The zero-order valence-corrected chi connectivity index (χ0v) is 6.42. The maximum absolute atomic E-state index is 5.22. The van der Waals surface area contributed by atoms with Gasteiger partial charge >= 0.3 is 0 Å². The summed E-state index contributed by atoms with van der Waals surface area (Å²) in [4.78, 5) is 3.69. The third-order valence-electron chi connectivity index (χ3n) is 0.928. The van der Waals surface area contributed by atoms with Crippen LogP contribution >= 0.6 is 0 Å². The fourth-order valence-corrected chi connectivity index (χ4v) is 0.384. The third kappa shape index (κ3) is 5.50. The zero-order chi connectivity index (χ0) is 7.28. The molecule has 54 valence electrons. The van der Waals surface area contributed by atoms with Gasteiger partial charge in [0, 0.05) is 0 Å². The molecule has 2 nitrogen and oxygen atoms in total. The first kappa shape index (κ1) is 8.63. The minimum absolute atomic E-state index is 0.0487. The molecule has 0 fully saturated rings. The fourth-order valence-electron chi connectivity index (χ4n) is 0.384. The lowest BCUT2D eigenvalue weighted by Crippen LogP contribution is -2.09. The molecule has 0 saturated heterocycles. The van der Waals surface area contributed by atoms with Gasteiger partial charge in [0.05, 0.1) is 6.61 Å². The summed E-state index contributed by atoms with van der Waals surface area (Å²) in [6.45, 7) is 10.2.